The maximum Gasteiger partial charge on any atom is 0.258 e. The van der Waals surface area contributed by atoms with Crippen molar-refractivity contribution in [1.82, 2.24) is 20.1 Å². The van der Waals surface area contributed by atoms with Gasteiger partial charge in [0.2, 0.25) is 0 Å². The lowest BCUT2D eigenvalue weighted by atomic mass is 10.1. The first-order valence-electron chi connectivity index (χ1n) is 7.85. The van der Waals surface area contributed by atoms with E-state index in [1.165, 1.54) is 6.33 Å². The average Bonchev–Trinajstić information content (AvgIpc) is 3.16. The molecular formula is C18H16BrClN4O2. The molecule has 0 fully saturated rings. The summed E-state index contributed by atoms with van der Waals surface area (Å²) in [4.78, 5) is 16.0. The molecule has 0 saturated heterocycles. The van der Waals surface area contributed by atoms with Crippen LogP contribution in [-0.4, -0.2) is 27.3 Å². The van der Waals surface area contributed by atoms with Crippen LogP contribution in [0.2, 0.25) is 5.02 Å². The monoisotopic (exact) mass is 434 g/mol. The van der Waals surface area contributed by atoms with E-state index in [9.17, 15) is 4.79 Å². The van der Waals surface area contributed by atoms with Crippen LogP contribution in [0, 0.1) is 0 Å². The predicted molar refractivity (Wildman–Crippen MR) is 103 cm³/mol. The van der Waals surface area contributed by atoms with E-state index in [1.54, 1.807) is 29.2 Å². The normalized spacial score (nSPS) is 11.8. The highest BCUT2D eigenvalue weighted by Crippen LogP contribution is 2.27. The van der Waals surface area contributed by atoms with Gasteiger partial charge in [-0.2, -0.15) is 5.10 Å². The van der Waals surface area contributed by atoms with Crippen LogP contribution in [-0.2, 0) is 4.79 Å². The summed E-state index contributed by atoms with van der Waals surface area (Å²) in [7, 11) is 0. The molecule has 134 valence electrons. The first kappa shape index (κ1) is 18.4. The van der Waals surface area contributed by atoms with Crippen LogP contribution in [0.25, 0.3) is 5.69 Å². The number of halogens is 2. The number of rotatable bonds is 6. The summed E-state index contributed by atoms with van der Waals surface area (Å²) in [6, 6.07) is 12.8. The molecule has 8 heteroatoms. The summed E-state index contributed by atoms with van der Waals surface area (Å²) in [5, 5.41) is 7.43. The molecule has 1 heterocycles. The molecule has 2 aromatic carbocycles. The maximum atomic E-state index is 12.1. The third kappa shape index (κ3) is 4.62. The van der Waals surface area contributed by atoms with Crippen LogP contribution in [0.3, 0.4) is 0 Å². The summed E-state index contributed by atoms with van der Waals surface area (Å²) in [5.74, 6) is 0.242. The van der Waals surface area contributed by atoms with Gasteiger partial charge in [0.1, 0.15) is 18.4 Å². The molecule has 3 aromatic rings. The molecule has 3 rings (SSSR count). The zero-order valence-electron chi connectivity index (χ0n) is 13.9. The smallest absolute Gasteiger partial charge is 0.258 e. The number of carbonyl (C=O) groups is 1. The third-order valence-corrected chi connectivity index (χ3v) is 4.50. The topological polar surface area (TPSA) is 69.0 Å². The lowest BCUT2D eigenvalue weighted by Crippen LogP contribution is -2.31. The number of aromatic nitrogens is 3. The van der Waals surface area contributed by atoms with Crippen molar-refractivity contribution in [3.05, 3.63) is 70.2 Å². The van der Waals surface area contributed by atoms with Gasteiger partial charge in [0.05, 0.1) is 16.8 Å². The van der Waals surface area contributed by atoms with Gasteiger partial charge >= 0.3 is 0 Å². The van der Waals surface area contributed by atoms with E-state index in [2.05, 4.69) is 31.3 Å². The molecule has 6 nitrogen and oxygen atoms in total. The second-order valence-corrected chi connectivity index (χ2v) is 6.91. The number of benzene rings is 2. The Labute approximate surface area is 164 Å². The highest BCUT2D eigenvalue weighted by molar-refractivity contribution is 9.10. The summed E-state index contributed by atoms with van der Waals surface area (Å²) >= 11 is 9.40. The Kier molecular flexibility index (Phi) is 5.90. The van der Waals surface area contributed by atoms with Gasteiger partial charge in [0.25, 0.3) is 5.91 Å². The van der Waals surface area contributed by atoms with Crippen molar-refractivity contribution in [3.8, 4) is 11.4 Å². The summed E-state index contributed by atoms with van der Waals surface area (Å²) in [5.41, 5.74) is 1.88. The number of carbonyl (C=O) groups excluding carboxylic acids is 1. The lowest BCUT2D eigenvalue weighted by Gasteiger charge is -2.15. The molecule has 1 atom stereocenters. The molecule has 1 unspecified atom stereocenters. The predicted octanol–water partition coefficient (Wildman–Crippen LogP) is 3.94. The maximum absolute atomic E-state index is 12.1. The van der Waals surface area contributed by atoms with Gasteiger partial charge < -0.3 is 10.1 Å². The fourth-order valence-corrected chi connectivity index (χ4v) is 3.09. The molecule has 0 aliphatic heterocycles. The van der Waals surface area contributed by atoms with Gasteiger partial charge in [-0.05, 0) is 42.8 Å². The molecule has 0 radical (unpaired) electrons. The second-order valence-electron chi connectivity index (χ2n) is 5.58. The van der Waals surface area contributed by atoms with Crippen LogP contribution in [0.4, 0.5) is 0 Å². The van der Waals surface area contributed by atoms with Gasteiger partial charge in [-0.1, -0.05) is 39.7 Å². The van der Waals surface area contributed by atoms with Crippen LogP contribution in [0.1, 0.15) is 18.5 Å². The highest BCUT2D eigenvalue weighted by atomic mass is 79.9. The molecule has 1 amide bonds. The Morgan fingerprint density at radius 2 is 2.08 bits per heavy atom. The Bertz CT molecular complexity index is 885. The molecule has 0 spiro atoms. The van der Waals surface area contributed by atoms with E-state index in [1.807, 2.05) is 31.2 Å². The van der Waals surface area contributed by atoms with Gasteiger partial charge in [-0.25, -0.2) is 9.67 Å². The number of nitrogens with one attached hydrogen (secondary N) is 1. The van der Waals surface area contributed by atoms with Crippen molar-refractivity contribution in [3.63, 3.8) is 0 Å². The van der Waals surface area contributed by atoms with Crippen molar-refractivity contribution in [1.29, 1.82) is 0 Å². The van der Waals surface area contributed by atoms with Crippen molar-refractivity contribution in [2.45, 2.75) is 13.0 Å². The van der Waals surface area contributed by atoms with Crippen LogP contribution < -0.4 is 10.1 Å². The van der Waals surface area contributed by atoms with E-state index in [0.29, 0.717) is 10.8 Å². The Balaban J connectivity index is 1.55. The van der Waals surface area contributed by atoms with Crippen LogP contribution in [0.5, 0.6) is 5.75 Å². The fraction of sp³-hybridized carbons (Fsp3) is 0.167. The Hall–Kier alpha value is -2.38. The van der Waals surface area contributed by atoms with Gasteiger partial charge in [-0.3, -0.25) is 4.79 Å². The third-order valence-electron chi connectivity index (χ3n) is 3.71. The van der Waals surface area contributed by atoms with Crippen LogP contribution in [0.15, 0.2) is 59.6 Å². The molecular weight excluding hydrogens is 420 g/mol. The number of ether oxygens (including phenoxy) is 1. The fourth-order valence-electron chi connectivity index (χ4n) is 2.36. The van der Waals surface area contributed by atoms with E-state index >= 15 is 0 Å². The van der Waals surface area contributed by atoms with Crippen molar-refractivity contribution in [2.24, 2.45) is 0 Å². The van der Waals surface area contributed by atoms with E-state index in [4.69, 9.17) is 16.3 Å². The quantitative estimate of drug-likeness (QED) is 0.637. The number of hydrogen-bond acceptors (Lipinski definition) is 4. The minimum absolute atomic E-state index is 0.108. The molecule has 1 aromatic heterocycles. The van der Waals surface area contributed by atoms with E-state index in [-0.39, 0.29) is 18.6 Å². The molecule has 0 aliphatic carbocycles. The van der Waals surface area contributed by atoms with Crippen LogP contribution >= 0.6 is 27.5 Å². The zero-order valence-corrected chi connectivity index (χ0v) is 16.2. The van der Waals surface area contributed by atoms with Gasteiger partial charge in [-0.15, -0.1) is 0 Å². The summed E-state index contributed by atoms with van der Waals surface area (Å²) < 4.78 is 7.99. The second kappa shape index (κ2) is 8.33. The SMILES string of the molecule is CC(NC(=O)COc1ccc(Br)cc1Cl)c1ccc(-n2cncn2)cc1. The molecule has 0 saturated carbocycles. The zero-order chi connectivity index (χ0) is 18.5. The first-order chi connectivity index (χ1) is 12.5. The van der Waals surface area contributed by atoms with Gasteiger partial charge in [0.15, 0.2) is 6.61 Å². The van der Waals surface area contributed by atoms with Crippen molar-refractivity contribution in [2.75, 3.05) is 6.61 Å². The molecule has 1 N–H and O–H groups in total. The van der Waals surface area contributed by atoms with Crippen molar-refractivity contribution < 1.29 is 9.53 Å². The molecule has 0 bridgehead atoms. The molecule has 26 heavy (non-hydrogen) atoms. The van der Waals surface area contributed by atoms with Gasteiger partial charge in [0, 0.05) is 4.47 Å². The first-order valence-corrected chi connectivity index (χ1v) is 9.02. The minimum Gasteiger partial charge on any atom is -0.482 e. The number of hydrogen-bond donors (Lipinski definition) is 1. The number of nitrogens with zero attached hydrogens (tertiary/aromatic N) is 3. The lowest BCUT2D eigenvalue weighted by molar-refractivity contribution is -0.123. The average molecular weight is 436 g/mol. The summed E-state index contributed by atoms with van der Waals surface area (Å²) in [6.45, 7) is 1.80. The molecule has 0 aliphatic rings. The Morgan fingerprint density at radius 3 is 2.73 bits per heavy atom. The van der Waals surface area contributed by atoms with E-state index < -0.39 is 0 Å². The largest absolute Gasteiger partial charge is 0.482 e. The highest BCUT2D eigenvalue weighted by Gasteiger charge is 2.11. The summed E-state index contributed by atoms with van der Waals surface area (Å²) in [6.07, 6.45) is 3.11. The van der Waals surface area contributed by atoms with Crippen molar-refractivity contribution >= 4 is 33.4 Å². The minimum atomic E-state index is -0.225. The standard InChI is InChI=1S/C18H16BrClN4O2/c1-12(13-2-5-15(6-3-13)24-11-21-10-22-24)23-18(25)9-26-17-7-4-14(19)8-16(17)20/h2-8,10-12H,9H2,1H3,(H,23,25). The Morgan fingerprint density at radius 1 is 1.31 bits per heavy atom. The van der Waals surface area contributed by atoms with E-state index in [0.717, 1.165) is 15.7 Å². The number of amides is 1.